The number of para-hydroxylation sites is 1. The zero-order valence-electron chi connectivity index (χ0n) is 11.3. The molecule has 3 heterocycles. The number of thiophene rings is 2. The van der Waals surface area contributed by atoms with Gasteiger partial charge < -0.3 is 0 Å². The molecule has 1 atom stereocenters. The van der Waals surface area contributed by atoms with Gasteiger partial charge in [0.1, 0.15) is 6.04 Å². The van der Waals surface area contributed by atoms with Crippen LogP contribution in [0, 0.1) is 0 Å². The zero-order chi connectivity index (χ0) is 14.1. The van der Waals surface area contributed by atoms with Crippen LogP contribution in [-0.2, 0) is 0 Å². The highest BCUT2D eigenvalue weighted by molar-refractivity contribution is 7.11. The first-order valence-electron chi connectivity index (χ1n) is 6.82. The van der Waals surface area contributed by atoms with Crippen LogP contribution in [0.2, 0.25) is 0 Å². The lowest BCUT2D eigenvalue weighted by Gasteiger charge is -2.26. The Bertz CT molecular complexity index is 730. The summed E-state index contributed by atoms with van der Waals surface area (Å²) in [6.45, 7) is 0. The quantitative estimate of drug-likeness (QED) is 0.739. The van der Waals surface area contributed by atoms with Crippen molar-refractivity contribution in [2.45, 2.75) is 6.04 Å². The minimum Gasteiger partial charge on any atom is -0.296 e. The fourth-order valence-electron chi connectivity index (χ4n) is 2.52. The lowest BCUT2D eigenvalue weighted by Crippen LogP contribution is -2.33. The second-order valence-corrected chi connectivity index (χ2v) is 6.76. The van der Waals surface area contributed by atoms with Crippen LogP contribution < -0.4 is 10.4 Å². The Balaban J connectivity index is 1.74. The van der Waals surface area contributed by atoms with E-state index in [1.807, 2.05) is 6.07 Å². The molecule has 2 aromatic heterocycles. The van der Waals surface area contributed by atoms with Gasteiger partial charge in [-0.3, -0.25) is 10.4 Å². The molecule has 3 aromatic rings. The molecule has 0 radical (unpaired) electrons. The molecule has 0 aliphatic carbocycles. The second-order valence-electron chi connectivity index (χ2n) is 4.84. The SMILES string of the molecule is C1=C(c2cccs2)NN(c2ccccc2)C1c1cccs1. The summed E-state index contributed by atoms with van der Waals surface area (Å²) in [5.41, 5.74) is 5.93. The minimum absolute atomic E-state index is 0.240. The van der Waals surface area contributed by atoms with E-state index in [4.69, 9.17) is 0 Å². The molecule has 0 spiro atoms. The number of hydrogen-bond donors (Lipinski definition) is 1. The van der Waals surface area contributed by atoms with E-state index in [2.05, 4.69) is 75.8 Å². The number of anilines is 1. The maximum absolute atomic E-state index is 3.56. The van der Waals surface area contributed by atoms with Gasteiger partial charge >= 0.3 is 0 Å². The van der Waals surface area contributed by atoms with Gasteiger partial charge in [-0.1, -0.05) is 30.3 Å². The van der Waals surface area contributed by atoms with E-state index in [0.29, 0.717) is 0 Å². The summed E-state index contributed by atoms with van der Waals surface area (Å²) in [7, 11) is 0. The van der Waals surface area contributed by atoms with Gasteiger partial charge in [0.05, 0.1) is 16.3 Å². The highest BCUT2D eigenvalue weighted by Crippen LogP contribution is 2.37. The number of nitrogens with zero attached hydrogens (tertiary/aromatic N) is 1. The number of hydrogen-bond acceptors (Lipinski definition) is 4. The van der Waals surface area contributed by atoms with Crippen LogP contribution in [0.1, 0.15) is 15.8 Å². The van der Waals surface area contributed by atoms with Crippen molar-refractivity contribution in [1.29, 1.82) is 0 Å². The number of hydrazine groups is 1. The first kappa shape index (κ1) is 12.7. The first-order valence-corrected chi connectivity index (χ1v) is 8.58. The molecule has 4 heteroatoms. The highest BCUT2D eigenvalue weighted by atomic mass is 32.1. The van der Waals surface area contributed by atoms with E-state index in [1.165, 1.54) is 21.1 Å². The van der Waals surface area contributed by atoms with Crippen LogP contribution in [0.4, 0.5) is 5.69 Å². The van der Waals surface area contributed by atoms with Crippen molar-refractivity contribution < 1.29 is 0 Å². The molecular weight excluding hydrogens is 296 g/mol. The molecule has 0 saturated carbocycles. The van der Waals surface area contributed by atoms with Crippen molar-refractivity contribution >= 4 is 34.1 Å². The molecule has 4 rings (SSSR count). The lowest BCUT2D eigenvalue weighted by molar-refractivity contribution is 0.734. The van der Waals surface area contributed by atoms with Crippen molar-refractivity contribution in [3.05, 3.63) is 81.2 Å². The predicted octanol–water partition coefficient (Wildman–Crippen LogP) is 4.92. The second kappa shape index (κ2) is 5.39. The smallest absolute Gasteiger partial charge is 0.105 e. The molecule has 0 fully saturated rings. The molecule has 21 heavy (non-hydrogen) atoms. The summed E-state index contributed by atoms with van der Waals surface area (Å²) in [5.74, 6) is 0. The van der Waals surface area contributed by atoms with E-state index in [-0.39, 0.29) is 6.04 Å². The van der Waals surface area contributed by atoms with Gasteiger partial charge in [0.2, 0.25) is 0 Å². The number of rotatable bonds is 3. The Morgan fingerprint density at radius 1 is 0.857 bits per heavy atom. The molecule has 0 amide bonds. The highest BCUT2D eigenvalue weighted by Gasteiger charge is 2.27. The molecule has 1 unspecified atom stereocenters. The van der Waals surface area contributed by atoms with Gasteiger partial charge in [0.25, 0.3) is 0 Å². The molecule has 0 bridgehead atoms. The van der Waals surface area contributed by atoms with Crippen LogP contribution in [0.3, 0.4) is 0 Å². The molecule has 1 aromatic carbocycles. The standard InChI is InChI=1S/C17H14N2S2/c1-2-6-13(7-3-1)19-15(17-9-5-11-21-17)12-14(18-19)16-8-4-10-20-16/h1-12,15,18H. The average molecular weight is 310 g/mol. The van der Waals surface area contributed by atoms with Crippen molar-refractivity contribution in [3.63, 3.8) is 0 Å². The summed E-state index contributed by atoms with van der Waals surface area (Å²) in [4.78, 5) is 2.62. The Hall–Kier alpha value is -2.04. The van der Waals surface area contributed by atoms with Gasteiger partial charge in [-0.2, -0.15) is 0 Å². The Morgan fingerprint density at radius 3 is 2.38 bits per heavy atom. The Morgan fingerprint density at radius 2 is 1.67 bits per heavy atom. The van der Waals surface area contributed by atoms with Gasteiger partial charge in [0, 0.05) is 4.88 Å². The summed E-state index contributed by atoms with van der Waals surface area (Å²) >= 11 is 3.56. The fraction of sp³-hybridized carbons (Fsp3) is 0.0588. The van der Waals surface area contributed by atoms with Crippen LogP contribution >= 0.6 is 22.7 Å². The third-order valence-electron chi connectivity index (χ3n) is 3.50. The molecular formula is C17H14N2S2. The summed E-state index contributed by atoms with van der Waals surface area (Å²) < 4.78 is 0. The molecule has 0 saturated heterocycles. The van der Waals surface area contributed by atoms with E-state index in [0.717, 1.165) is 0 Å². The normalized spacial score (nSPS) is 17.6. The lowest BCUT2D eigenvalue weighted by atomic mass is 10.2. The van der Waals surface area contributed by atoms with E-state index >= 15 is 0 Å². The van der Waals surface area contributed by atoms with Crippen molar-refractivity contribution in [1.82, 2.24) is 5.43 Å². The Labute approximate surface area is 132 Å². The third-order valence-corrected chi connectivity index (χ3v) is 5.35. The summed E-state index contributed by atoms with van der Waals surface area (Å²) in [6, 6.07) is 19.3. The number of nitrogens with one attached hydrogen (secondary N) is 1. The van der Waals surface area contributed by atoms with Crippen LogP contribution in [0.5, 0.6) is 0 Å². The third kappa shape index (κ3) is 2.37. The van der Waals surface area contributed by atoms with Crippen molar-refractivity contribution in [2.24, 2.45) is 0 Å². The van der Waals surface area contributed by atoms with Gasteiger partial charge in [0.15, 0.2) is 0 Å². The largest absolute Gasteiger partial charge is 0.296 e. The fourth-order valence-corrected chi connectivity index (χ4v) is 4.01. The van der Waals surface area contributed by atoms with Crippen LogP contribution in [0.15, 0.2) is 71.4 Å². The maximum Gasteiger partial charge on any atom is 0.105 e. The van der Waals surface area contributed by atoms with Gasteiger partial charge in [-0.25, -0.2) is 0 Å². The van der Waals surface area contributed by atoms with E-state index in [1.54, 1.807) is 22.7 Å². The van der Waals surface area contributed by atoms with Gasteiger partial charge in [-0.05, 0) is 41.1 Å². The van der Waals surface area contributed by atoms with Crippen molar-refractivity contribution in [2.75, 3.05) is 5.01 Å². The topological polar surface area (TPSA) is 15.3 Å². The molecule has 104 valence electrons. The van der Waals surface area contributed by atoms with E-state index < -0.39 is 0 Å². The molecule has 1 aliphatic heterocycles. The van der Waals surface area contributed by atoms with E-state index in [9.17, 15) is 0 Å². The van der Waals surface area contributed by atoms with Crippen LogP contribution in [0.25, 0.3) is 5.70 Å². The average Bonchev–Trinajstić information content (AvgIpc) is 3.27. The maximum atomic E-state index is 3.56. The predicted molar refractivity (Wildman–Crippen MR) is 91.4 cm³/mol. The first-order chi connectivity index (χ1) is 10.4. The Kier molecular flexibility index (Phi) is 3.25. The monoisotopic (exact) mass is 310 g/mol. The van der Waals surface area contributed by atoms with Gasteiger partial charge in [-0.15, -0.1) is 22.7 Å². The zero-order valence-corrected chi connectivity index (χ0v) is 12.9. The summed E-state index contributed by atoms with van der Waals surface area (Å²) in [6.07, 6.45) is 2.31. The van der Waals surface area contributed by atoms with Crippen molar-refractivity contribution in [3.8, 4) is 0 Å². The minimum atomic E-state index is 0.240. The molecule has 2 nitrogen and oxygen atoms in total. The van der Waals surface area contributed by atoms with Crippen LogP contribution in [-0.4, -0.2) is 0 Å². The molecule has 1 N–H and O–H groups in total. The number of benzene rings is 1. The molecule has 1 aliphatic rings. The summed E-state index contributed by atoms with van der Waals surface area (Å²) in [5, 5.41) is 6.49.